The first-order valence-electron chi connectivity index (χ1n) is 10.4. The van der Waals surface area contributed by atoms with E-state index >= 15 is 0 Å². The van der Waals surface area contributed by atoms with Crippen LogP contribution in [0.2, 0.25) is 0 Å². The number of thiophene rings is 1. The zero-order valence-electron chi connectivity index (χ0n) is 15.9. The average molecular weight is 400 g/mol. The van der Waals surface area contributed by atoms with Crippen molar-refractivity contribution < 1.29 is 14.3 Å². The van der Waals surface area contributed by atoms with E-state index in [1.807, 2.05) is 0 Å². The van der Waals surface area contributed by atoms with Crippen LogP contribution in [0, 0.1) is 17.8 Å². The van der Waals surface area contributed by atoms with Crippen molar-refractivity contribution >= 4 is 39.1 Å². The molecule has 2 N–H and O–H groups in total. The number of ether oxygens (including phenoxy) is 1. The van der Waals surface area contributed by atoms with E-state index in [4.69, 9.17) is 10.5 Å². The predicted molar refractivity (Wildman–Crippen MR) is 107 cm³/mol. The van der Waals surface area contributed by atoms with Gasteiger partial charge < -0.3 is 10.5 Å². The van der Waals surface area contributed by atoms with Crippen LogP contribution in [0.15, 0.2) is 0 Å². The molecule has 2 fully saturated rings. The van der Waals surface area contributed by atoms with Crippen molar-refractivity contribution in [1.29, 1.82) is 0 Å². The Morgan fingerprint density at radius 2 is 1.86 bits per heavy atom. The van der Waals surface area contributed by atoms with Crippen molar-refractivity contribution in [2.24, 2.45) is 17.8 Å². The van der Waals surface area contributed by atoms with E-state index in [0.717, 1.165) is 42.3 Å². The molecule has 3 aliphatic rings. The second-order valence-corrected chi connectivity index (χ2v) is 9.50. The summed E-state index contributed by atoms with van der Waals surface area (Å²) in [5, 5.41) is 0.994. The first-order chi connectivity index (χ1) is 13.6. The summed E-state index contributed by atoms with van der Waals surface area (Å²) >= 11 is 1.69. The standard InChI is InChI=1S/C21H25N3O3S/c22-19-17-14-6-1-2-7-15(14)28-20(17)24-16(23-19)10-27-21(26)13-8-11-4-3-5-12(9-13)18(11)25/h11-13H,1-10H2,(H2,22,23,24)/t11-,12+,13?. The lowest BCUT2D eigenvalue weighted by Gasteiger charge is -2.36. The number of carbonyl (C=O) groups is 2. The summed E-state index contributed by atoms with van der Waals surface area (Å²) in [6, 6.07) is 0. The van der Waals surface area contributed by atoms with Crippen LogP contribution in [0.5, 0.6) is 0 Å². The SMILES string of the molecule is Nc1nc(COC(=O)C2C[C@H]3CCC[C@@H](C2)C3=O)nc2sc3c(c12)CCCC3. The van der Waals surface area contributed by atoms with E-state index < -0.39 is 0 Å². The Morgan fingerprint density at radius 3 is 2.64 bits per heavy atom. The van der Waals surface area contributed by atoms with E-state index in [1.54, 1.807) is 11.3 Å². The lowest BCUT2D eigenvalue weighted by Crippen LogP contribution is -2.39. The van der Waals surface area contributed by atoms with Crippen LogP contribution in [-0.2, 0) is 33.8 Å². The molecule has 0 aliphatic heterocycles. The van der Waals surface area contributed by atoms with Crippen LogP contribution in [-0.4, -0.2) is 21.7 Å². The third-order valence-corrected chi connectivity index (χ3v) is 7.80. The maximum Gasteiger partial charge on any atom is 0.309 e. The van der Waals surface area contributed by atoms with Gasteiger partial charge in [-0.25, -0.2) is 9.97 Å². The van der Waals surface area contributed by atoms with Gasteiger partial charge >= 0.3 is 5.97 Å². The molecule has 0 radical (unpaired) electrons. The van der Waals surface area contributed by atoms with Crippen LogP contribution in [0.3, 0.4) is 0 Å². The number of fused-ring (bicyclic) bond motifs is 5. The van der Waals surface area contributed by atoms with Gasteiger partial charge in [0, 0.05) is 16.7 Å². The molecular formula is C21H25N3O3S. The van der Waals surface area contributed by atoms with Crippen LogP contribution < -0.4 is 5.73 Å². The van der Waals surface area contributed by atoms with E-state index in [0.29, 0.717) is 30.3 Å². The molecule has 28 heavy (non-hydrogen) atoms. The molecule has 2 heterocycles. The molecule has 2 aromatic heterocycles. The minimum atomic E-state index is -0.225. The normalized spacial score (nSPS) is 26.9. The molecule has 7 heteroatoms. The number of hydrogen-bond donors (Lipinski definition) is 1. The monoisotopic (exact) mass is 399 g/mol. The van der Waals surface area contributed by atoms with Crippen LogP contribution in [0.4, 0.5) is 5.82 Å². The summed E-state index contributed by atoms with van der Waals surface area (Å²) in [5.41, 5.74) is 7.54. The predicted octanol–water partition coefficient (Wildman–Crippen LogP) is 3.59. The third-order valence-electron chi connectivity index (χ3n) is 6.61. The molecule has 0 aromatic carbocycles. The molecule has 148 valence electrons. The van der Waals surface area contributed by atoms with Gasteiger partial charge in [0.2, 0.25) is 0 Å². The number of Topliss-reactive ketones (excluding diaryl/α,β-unsaturated/α-hetero) is 1. The number of anilines is 1. The number of aromatic nitrogens is 2. The molecule has 2 aromatic rings. The van der Waals surface area contributed by atoms with Gasteiger partial charge in [0.25, 0.3) is 0 Å². The fourth-order valence-electron chi connectivity index (χ4n) is 5.22. The van der Waals surface area contributed by atoms with Crippen molar-refractivity contribution in [2.75, 3.05) is 5.73 Å². The summed E-state index contributed by atoms with van der Waals surface area (Å²) in [6.45, 7) is 0.0430. The van der Waals surface area contributed by atoms with Gasteiger partial charge in [-0.3, -0.25) is 9.59 Å². The molecule has 3 aliphatic carbocycles. The number of carbonyl (C=O) groups excluding carboxylic acids is 2. The maximum absolute atomic E-state index is 12.6. The second-order valence-electron chi connectivity index (χ2n) is 8.42. The topological polar surface area (TPSA) is 95.2 Å². The molecule has 5 rings (SSSR count). The number of nitrogens with two attached hydrogens (primary N) is 1. The lowest BCUT2D eigenvalue weighted by molar-refractivity contribution is -0.154. The first kappa shape index (κ1) is 18.0. The molecule has 0 spiro atoms. The highest BCUT2D eigenvalue weighted by molar-refractivity contribution is 7.19. The third kappa shape index (κ3) is 3.09. The molecule has 0 saturated heterocycles. The van der Waals surface area contributed by atoms with Crippen LogP contribution in [0.25, 0.3) is 10.2 Å². The van der Waals surface area contributed by atoms with E-state index in [9.17, 15) is 9.59 Å². The van der Waals surface area contributed by atoms with Gasteiger partial charge in [-0.15, -0.1) is 11.3 Å². The van der Waals surface area contributed by atoms with Gasteiger partial charge in [0.1, 0.15) is 16.4 Å². The molecule has 1 unspecified atom stereocenters. The van der Waals surface area contributed by atoms with Gasteiger partial charge in [-0.05, 0) is 56.9 Å². The summed E-state index contributed by atoms with van der Waals surface area (Å²) in [5.74, 6) is 1.01. The zero-order chi connectivity index (χ0) is 19.3. The van der Waals surface area contributed by atoms with E-state index in [2.05, 4.69) is 9.97 Å². The summed E-state index contributed by atoms with van der Waals surface area (Å²) < 4.78 is 5.55. The fourth-order valence-corrected chi connectivity index (χ4v) is 6.51. The highest BCUT2D eigenvalue weighted by Crippen LogP contribution is 2.41. The Hall–Kier alpha value is -2.02. The average Bonchev–Trinajstić information content (AvgIpc) is 3.04. The molecule has 2 saturated carbocycles. The van der Waals surface area contributed by atoms with Gasteiger partial charge in [0.15, 0.2) is 12.4 Å². The number of ketones is 1. The number of nitrogens with zero attached hydrogens (tertiary/aromatic N) is 2. The molecule has 2 bridgehead atoms. The van der Waals surface area contributed by atoms with Crippen molar-refractivity contribution in [3.05, 3.63) is 16.3 Å². The molecular weight excluding hydrogens is 374 g/mol. The largest absolute Gasteiger partial charge is 0.457 e. The fraction of sp³-hybridized carbons (Fsp3) is 0.619. The number of hydrogen-bond acceptors (Lipinski definition) is 7. The number of rotatable bonds is 3. The zero-order valence-corrected chi connectivity index (χ0v) is 16.7. The Labute approximate surface area is 167 Å². The van der Waals surface area contributed by atoms with E-state index in [1.165, 1.54) is 23.3 Å². The van der Waals surface area contributed by atoms with Gasteiger partial charge in [-0.2, -0.15) is 0 Å². The minimum absolute atomic E-state index is 0.0430. The lowest BCUT2D eigenvalue weighted by atomic mass is 9.67. The maximum atomic E-state index is 12.6. The molecule has 0 amide bonds. The highest BCUT2D eigenvalue weighted by Gasteiger charge is 2.41. The summed E-state index contributed by atoms with van der Waals surface area (Å²) in [4.78, 5) is 36.1. The van der Waals surface area contributed by atoms with E-state index in [-0.39, 0.29) is 30.3 Å². The number of aryl methyl sites for hydroxylation is 2. The molecule has 6 nitrogen and oxygen atoms in total. The second kappa shape index (κ2) is 7.10. The first-order valence-corrected chi connectivity index (χ1v) is 11.2. The number of nitrogen functional groups attached to an aromatic ring is 1. The number of esters is 1. The highest BCUT2D eigenvalue weighted by atomic mass is 32.1. The van der Waals surface area contributed by atoms with Gasteiger partial charge in [-0.1, -0.05) is 6.42 Å². The Morgan fingerprint density at radius 1 is 1.11 bits per heavy atom. The Bertz CT molecular complexity index is 938. The van der Waals surface area contributed by atoms with Crippen LogP contribution >= 0.6 is 11.3 Å². The summed E-state index contributed by atoms with van der Waals surface area (Å²) in [6.07, 6.45) is 8.72. The summed E-state index contributed by atoms with van der Waals surface area (Å²) in [7, 11) is 0. The smallest absolute Gasteiger partial charge is 0.309 e. The van der Waals surface area contributed by atoms with Gasteiger partial charge in [0.05, 0.1) is 11.3 Å². The van der Waals surface area contributed by atoms with Crippen molar-refractivity contribution in [3.8, 4) is 0 Å². The molecule has 3 atom stereocenters. The Kier molecular flexibility index (Phi) is 4.57. The van der Waals surface area contributed by atoms with Crippen molar-refractivity contribution in [2.45, 2.75) is 64.4 Å². The Balaban J connectivity index is 1.29. The van der Waals surface area contributed by atoms with Crippen molar-refractivity contribution in [1.82, 2.24) is 9.97 Å². The van der Waals surface area contributed by atoms with Crippen molar-refractivity contribution in [3.63, 3.8) is 0 Å². The minimum Gasteiger partial charge on any atom is -0.457 e. The quantitative estimate of drug-likeness (QED) is 0.793. The van der Waals surface area contributed by atoms with Crippen LogP contribution in [0.1, 0.15) is 61.2 Å².